The van der Waals surface area contributed by atoms with Gasteiger partial charge in [0.05, 0.1) is 11.6 Å². The normalized spacial score (nSPS) is 24.5. The molecule has 0 radical (unpaired) electrons. The number of carbonyl (C=O) groups is 2. The van der Waals surface area contributed by atoms with Crippen LogP contribution in [0.1, 0.15) is 58.9 Å². The minimum absolute atomic E-state index is 0.0589. The highest BCUT2D eigenvalue weighted by atomic mass is 19.4. The molecule has 1 aliphatic heterocycles. The van der Waals surface area contributed by atoms with Gasteiger partial charge in [0.25, 0.3) is 5.91 Å². The predicted octanol–water partition coefficient (Wildman–Crippen LogP) is 4.56. The van der Waals surface area contributed by atoms with Crippen LogP contribution in [0.5, 0.6) is 0 Å². The fourth-order valence-corrected chi connectivity index (χ4v) is 4.96. The highest BCUT2D eigenvalue weighted by molar-refractivity contribution is 5.98. The number of hydrogen-bond donors (Lipinski definition) is 1. The molecule has 10 heteroatoms. The molecule has 0 spiro atoms. The Bertz CT molecular complexity index is 1160. The monoisotopic (exact) mass is 479 g/mol. The van der Waals surface area contributed by atoms with E-state index in [0.717, 1.165) is 6.42 Å². The summed E-state index contributed by atoms with van der Waals surface area (Å²) < 4.78 is 67.7. The molecule has 180 valence electrons. The van der Waals surface area contributed by atoms with E-state index >= 15 is 0 Å². The number of benzene rings is 1. The Morgan fingerprint density at radius 1 is 1.12 bits per heavy atom. The fourth-order valence-electron chi connectivity index (χ4n) is 4.96. The van der Waals surface area contributed by atoms with Crippen molar-refractivity contribution in [2.24, 2.45) is 11.8 Å². The van der Waals surface area contributed by atoms with Gasteiger partial charge in [-0.1, -0.05) is 0 Å². The second-order valence-electron chi connectivity index (χ2n) is 9.39. The van der Waals surface area contributed by atoms with E-state index in [4.69, 9.17) is 0 Å². The van der Waals surface area contributed by atoms with E-state index in [-0.39, 0.29) is 35.4 Å². The van der Waals surface area contributed by atoms with Gasteiger partial charge in [-0.2, -0.15) is 13.2 Å². The SMILES string of the molecule is Cc1cc(C(=O)N2[C@@H](C(=O)NC(c3cc(F)c(C(F)(F)F)cc3F)C3CC3)C[C@H]3C[C@H]32)ccn1. The first-order valence-corrected chi connectivity index (χ1v) is 11.2. The zero-order chi connectivity index (χ0) is 24.4. The molecule has 2 heterocycles. The molecule has 0 bridgehead atoms. The van der Waals surface area contributed by atoms with Gasteiger partial charge in [0.1, 0.15) is 17.7 Å². The molecule has 4 atom stereocenters. The summed E-state index contributed by atoms with van der Waals surface area (Å²) in [6.07, 6.45) is -1.01. The number of halogens is 5. The van der Waals surface area contributed by atoms with E-state index in [1.54, 1.807) is 24.0 Å². The molecule has 2 aliphatic carbocycles. The Morgan fingerprint density at radius 2 is 1.85 bits per heavy atom. The summed E-state index contributed by atoms with van der Waals surface area (Å²) in [5.41, 5.74) is -0.929. The summed E-state index contributed by atoms with van der Waals surface area (Å²) in [4.78, 5) is 32.1. The second-order valence-corrected chi connectivity index (χ2v) is 9.39. The number of pyridine rings is 1. The van der Waals surface area contributed by atoms with Gasteiger partial charge in [-0.15, -0.1) is 0 Å². The maximum absolute atomic E-state index is 14.7. The summed E-state index contributed by atoms with van der Waals surface area (Å²) in [5.74, 6) is -3.63. The van der Waals surface area contributed by atoms with Gasteiger partial charge < -0.3 is 10.2 Å². The first-order chi connectivity index (χ1) is 16.0. The Morgan fingerprint density at radius 3 is 2.50 bits per heavy atom. The number of aryl methyl sites for hydroxylation is 1. The van der Waals surface area contributed by atoms with Crippen molar-refractivity contribution in [3.05, 3.63) is 64.5 Å². The van der Waals surface area contributed by atoms with Crippen LogP contribution in [-0.4, -0.2) is 33.8 Å². The van der Waals surface area contributed by atoms with Gasteiger partial charge in [-0.3, -0.25) is 14.6 Å². The third-order valence-corrected chi connectivity index (χ3v) is 6.90. The number of alkyl halides is 3. The highest BCUT2D eigenvalue weighted by Crippen LogP contribution is 2.49. The van der Waals surface area contributed by atoms with Crippen molar-refractivity contribution in [2.75, 3.05) is 0 Å². The molecule has 2 saturated carbocycles. The van der Waals surface area contributed by atoms with Gasteiger partial charge in [0, 0.05) is 29.1 Å². The van der Waals surface area contributed by atoms with Crippen LogP contribution in [0.15, 0.2) is 30.5 Å². The van der Waals surface area contributed by atoms with Crippen LogP contribution in [0.3, 0.4) is 0 Å². The van der Waals surface area contributed by atoms with E-state index in [0.29, 0.717) is 36.6 Å². The predicted molar refractivity (Wildman–Crippen MR) is 110 cm³/mol. The summed E-state index contributed by atoms with van der Waals surface area (Å²) in [6, 6.07) is 2.06. The standard InChI is InChI=1S/C24H22F5N3O2/c1-11-6-13(4-5-30-11)23(34)32-19-7-14(19)8-20(32)22(33)31-21(12-2-3-12)15-9-18(26)16(10-17(15)25)24(27,28)29/h4-6,9-10,12,14,19-21H,2-3,7-8H2,1H3,(H,31,33)/t14-,19-,20-,21?/m1/s1. The zero-order valence-electron chi connectivity index (χ0n) is 18.2. The van der Waals surface area contributed by atoms with E-state index in [9.17, 15) is 31.5 Å². The van der Waals surface area contributed by atoms with Gasteiger partial charge in [0.15, 0.2) is 0 Å². The van der Waals surface area contributed by atoms with Crippen molar-refractivity contribution in [2.45, 2.75) is 56.9 Å². The fraction of sp³-hybridized carbons (Fsp3) is 0.458. The van der Waals surface area contributed by atoms with Crippen LogP contribution in [0, 0.1) is 30.4 Å². The molecule has 1 unspecified atom stereocenters. The number of nitrogens with one attached hydrogen (secondary N) is 1. The number of hydrogen-bond acceptors (Lipinski definition) is 3. The Balaban J connectivity index is 1.39. The molecule has 5 nitrogen and oxygen atoms in total. The van der Waals surface area contributed by atoms with E-state index in [1.807, 2.05) is 0 Å². The van der Waals surface area contributed by atoms with Crippen molar-refractivity contribution in [3.63, 3.8) is 0 Å². The summed E-state index contributed by atoms with van der Waals surface area (Å²) in [5, 5.41) is 2.72. The smallest absolute Gasteiger partial charge is 0.347 e. The van der Waals surface area contributed by atoms with Crippen molar-refractivity contribution in [3.8, 4) is 0 Å². The van der Waals surface area contributed by atoms with Crippen molar-refractivity contribution >= 4 is 11.8 Å². The first-order valence-electron chi connectivity index (χ1n) is 11.2. The summed E-state index contributed by atoms with van der Waals surface area (Å²) in [7, 11) is 0. The topological polar surface area (TPSA) is 62.3 Å². The van der Waals surface area contributed by atoms with Gasteiger partial charge in [0.2, 0.25) is 5.91 Å². The molecule has 34 heavy (non-hydrogen) atoms. The number of aromatic nitrogens is 1. The number of amides is 2. The second kappa shape index (κ2) is 8.02. The van der Waals surface area contributed by atoms with Crippen molar-refractivity contribution < 1.29 is 31.5 Å². The van der Waals surface area contributed by atoms with Crippen molar-refractivity contribution in [1.82, 2.24) is 15.2 Å². The van der Waals surface area contributed by atoms with Gasteiger partial charge >= 0.3 is 6.18 Å². The minimum atomic E-state index is -5.03. The molecule has 1 aromatic heterocycles. The largest absolute Gasteiger partial charge is 0.419 e. The molecular formula is C24H22F5N3O2. The summed E-state index contributed by atoms with van der Waals surface area (Å²) in [6.45, 7) is 1.75. The van der Waals surface area contributed by atoms with E-state index < -0.39 is 41.4 Å². The van der Waals surface area contributed by atoms with Gasteiger partial charge in [-0.25, -0.2) is 8.78 Å². The maximum Gasteiger partial charge on any atom is 0.419 e. The lowest BCUT2D eigenvalue weighted by Gasteiger charge is -2.29. The van der Waals surface area contributed by atoms with Crippen LogP contribution in [0.25, 0.3) is 0 Å². The highest BCUT2D eigenvalue weighted by Gasteiger charge is 2.56. The molecule has 1 saturated heterocycles. The van der Waals surface area contributed by atoms with Crippen LogP contribution in [-0.2, 0) is 11.0 Å². The van der Waals surface area contributed by atoms with E-state index in [2.05, 4.69) is 10.3 Å². The maximum atomic E-state index is 14.7. The number of piperidine rings is 1. The Labute approximate surface area is 192 Å². The lowest BCUT2D eigenvalue weighted by Crippen LogP contribution is -2.49. The van der Waals surface area contributed by atoms with Gasteiger partial charge in [-0.05, 0) is 68.7 Å². The molecule has 2 amide bonds. The van der Waals surface area contributed by atoms with Crippen LogP contribution in [0.2, 0.25) is 0 Å². The molecule has 2 aromatic rings. The average Bonchev–Trinajstić information content (AvgIpc) is 3.70. The van der Waals surface area contributed by atoms with E-state index in [1.165, 1.54) is 6.20 Å². The Kier molecular flexibility index (Phi) is 5.37. The third-order valence-electron chi connectivity index (χ3n) is 6.90. The lowest BCUT2D eigenvalue weighted by atomic mass is 9.98. The van der Waals surface area contributed by atoms with Crippen molar-refractivity contribution in [1.29, 1.82) is 0 Å². The zero-order valence-corrected chi connectivity index (χ0v) is 18.2. The van der Waals surface area contributed by atoms with Crippen LogP contribution in [0.4, 0.5) is 22.0 Å². The molecule has 1 N–H and O–H groups in total. The summed E-state index contributed by atoms with van der Waals surface area (Å²) >= 11 is 0. The molecule has 1 aromatic carbocycles. The number of fused-ring (bicyclic) bond motifs is 1. The van der Waals surface area contributed by atoms with Crippen LogP contribution >= 0.6 is 0 Å². The number of likely N-dealkylation sites (tertiary alicyclic amines) is 1. The quantitative estimate of drug-likeness (QED) is 0.640. The molecule has 5 rings (SSSR count). The number of rotatable bonds is 5. The van der Waals surface area contributed by atoms with Crippen LogP contribution < -0.4 is 5.32 Å². The Hall–Kier alpha value is -3.04. The molecule has 3 aliphatic rings. The average molecular weight is 479 g/mol. The minimum Gasteiger partial charge on any atom is -0.347 e. The number of carbonyl (C=O) groups excluding carboxylic acids is 2. The lowest BCUT2D eigenvalue weighted by molar-refractivity contribution is -0.140. The molecular weight excluding hydrogens is 457 g/mol. The first kappa shape index (κ1) is 22.7. The third kappa shape index (κ3) is 4.14. The number of nitrogens with zero attached hydrogens (tertiary/aromatic N) is 2. The molecule has 3 fully saturated rings.